The molecule has 0 heterocycles. The van der Waals surface area contributed by atoms with E-state index < -0.39 is 0 Å². The van der Waals surface area contributed by atoms with Crippen LogP contribution in [-0.2, 0) is 0 Å². The molecule has 1 aromatic carbocycles. The maximum Gasteiger partial charge on any atom is 0.251 e. The fraction of sp³-hybridized carbons (Fsp3) is 0.632. The van der Waals surface area contributed by atoms with Gasteiger partial charge in [-0.15, -0.1) is 0 Å². The van der Waals surface area contributed by atoms with Crippen molar-refractivity contribution < 1.29 is 9.53 Å². The van der Waals surface area contributed by atoms with Crippen LogP contribution in [0.2, 0.25) is 0 Å². The third-order valence-electron chi connectivity index (χ3n) is 4.32. The Hall–Kier alpha value is -1.51. The molecular formula is C19H29NO2. The van der Waals surface area contributed by atoms with Crippen molar-refractivity contribution in [1.29, 1.82) is 0 Å². The van der Waals surface area contributed by atoms with Gasteiger partial charge in [0.25, 0.3) is 5.91 Å². The quantitative estimate of drug-likeness (QED) is 0.706. The van der Waals surface area contributed by atoms with Gasteiger partial charge in [0.1, 0.15) is 5.75 Å². The van der Waals surface area contributed by atoms with Gasteiger partial charge in [0.15, 0.2) is 0 Å². The zero-order valence-corrected chi connectivity index (χ0v) is 13.8. The number of amides is 1. The van der Waals surface area contributed by atoms with Gasteiger partial charge in [0.2, 0.25) is 0 Å². The second kappa shape index (κ2) is 9.50. The molecule has 1 aliphatic carbocycles. The molecule has 0 bridgehead atoms. The first kappa shape index (κ1) is 16.9. The normalized spacial score (nSPS) is 15.5. The van der Waals surface area contributed by atoms with E-state index in [9.17, 15) is 4.79 Å². The molecule has 1 amide bonds. The SMILES string of the molecule is CCCCCCOc1ccc(C(=O)NC2CCCCC2)cc1. The third-order valence-corrected chi connectivity index (χ3v) is 4.32. The van der Waals surface area contributed by atoms with E-state index in [4.69, 9.17) is 4.74 Å². The number of ether oxygens (including phenoxy) is 1. The number of carbonyl (C=O) groups is 1. The largest absolute Gasteiger partial charge is 0.494 e. The maximum atomic E-state index is 12.2. The van der Waals surface area contributed by atoms with Gasteiger partial charge in [0.05, 0.1) is 6.61 Å². The summed E-state index contributed by atoms with van der Waals surface area (Å²) in [6, 6.07) is 7.88. The Kier molecular flexibility index (Phi) is 7.27. The molecule has 2 rings (SSSR count). The Labute approximate surface area is 134 Å². The lowest BCUT2D eigenvalue weighted by atomic mass is 9.95. The average Bonchev–Trinajstić information content (AvgIpc) is 2.56. The summed E-state index contributed by atoms with van der Waals surface area (Å²) < 4.78 is 5.71. The number of unbranched alkanes of at least 4 members (excludes halogenated alkanes) is 3. The Balaban J connectivity index is 1.74. The van der Waals surface area contributed by atoms with Gasteiger partial charge in [-0.25, -0.2) is 0 Å². The lowest BCUT2D eigenvalue weighted by Gasteiger charge is -2.22. The predicted molar refractivity (Wildman–Crippen MR) is 90.4 cm³/mol. The molecule has 0 aliphatic heterocycles. The minimum Gasteiger partial charge on any atom is -0.494 e. The molecule has 3 nitrogen and oxygen atoms in total. The number of hydrogen-bond donors (Lipinski definition) is 1. The highest BCUT2D eigenvalue weighted by atomic mass is 16.5. The van der Waals surface area contributed by atoms with Crippen LogP contribution in [-0.4, -0.2) is 18.6 Å². The van der Waals surface area contributed by atoms with Crippen LogP contribution in [0.5, 0.6) is 5.75 Å². The van der Waals surface area contributed by atoms with E-state index in [1.54, 1.807) is 0 Å². The van der Waals surface area contributed by atoms with Crippen molar-refractivity contribution in [1.82, 2.24) is 5.32 Å². The zero-order chi connectivity index (χ0) is 15.6. The molecule has 1 aliphatic rings. The highest BCUT2D eigenvalue weighted by molar-refractivity contribution is 5.94. The number of nitrogens with one attached hydrogen (secondary N) is 1. The highest BCUT2D eigenvalue weighted by Crippen LogP contribution is 2.18. The van der Waals surface area contributed by atoms with E-state index in [1.165, 1.54) is 38.5 Å². The van der Waals surface area contributed by atoms with E-state index in [-0.39, 0.29) is 5.91 Å². The predicted octanol–water partition coefficient (Wildman–Crippen LogP) is 4.71. The molecule has 0 atom stereocenters. The number of carbonyl (C=O) groups excluding carboxylic acids is 1. The van der Waals surface area contributed by atoms with Crippen LogP contribution in [0.3, 0.4) is 0 Å². The summed E-state index contributed by atoms with van der Waals surface area (Å²) in [7, 11) is 0. The molecule has 0 unspecified atom stereocenters. The summed E-state index contributed by atoms with van der Waals surface area (Å²) >= 11 is 0. The van der Waals surface area contributed by atoms with Gasteiger partial charge in [-0.3, -0.25) is 4.79 Å². The van der Waals surface area contributed by atoms with E-state index in [2.05, 4.69) is 12.2 Å². The Morgan fingerprint density at radius 1 is 1.09 bits per heavy atom. The summed E-state index contributed by atoms with van der Waals surface area (Å²) in [5.41, 5.74) is 0.726. The molecule has 1 N–H and O–H groups in total. The van der Waals surface area contributed by atoms with Crippen molar-refractivity contribution in [2.45, 2.75) is 70.8 Å². The highest BCUT2D eigenvalue weighted by Gasteiger charge is 2.16. The second-order valence-corrected chi connectivity index (χ2v) is 6.24. The van der Waals surface area contributed by atoms with Gasteiger partial charge < -0.3 is 10.1 Å². The van der Waals surface area contributed by atoms with Crippen LogP contribution in [0.1, 0.15) is 75.1 Å². The van der Waals surface area contributed by atoms with Gasteiger partial charge in [-0.1, -0.05) is 45.4 Å². The van der Waals surface area contributed by atoms with Gasteiger partial charge in [-0.05, 0) is 43.5 Å². The molecule has 0 aromatic heterocycles. The summed E-state index contributed by atoms with van der Waals surface area (Å²) in [6.07, 6.45) is 10.8. The second-order valence-electron chi connectivity index (χ2n) is 6.24. The van der Waals surface area contributed by atoms with Crippen molar-refractivity contribution in [2.75, 3.05) is 6.61 Å². The topological polar surface area (TPSA) is 38.3 Å². The first-order chi connectivity index (χ1) is 10.8. The Morgan fingerprint density at radius 3 is 2.50 bits per heavy atom. The van der Waals surface area contributed by atoms with Gasteiger partial charge >= 0.3 is 0 Å². The van der Waals surface area contributed by atoms with Crippen LogP contribution in [0, 0.1) is 0 Å². The zero-order valence-electron chi connectivity index (χ0n) is 13.8. The van der Waals surface area contributed by atoms with E-state index in [1.807, 2.05) is 24.3 Å². The minimum atomic E-state index is 0.0430. The van der Waals surface area contributed by atoms with Crippen LogP contribution in [0.25, 0.3) is 0 Å². The fourth-order valence-electron chi connectivity index (χ4n) is 2.94. The molecule has 1 fully saturated rings. The first-order valence-corrected chi connectivity index (χ1v) is 8.83. The third kappa shape index (κ3) is 5.70. The average molecular weight is 303 g/mol. The minimum absolute atomic E-state index is 0.0430. The lowest BCUT2D eigenvalue weighted by Crippen LogP contribution is -2.36. The van der Waals surface area contributed by atoms with E-state index in [0.29, 0.717) is 6.04 Å². The number of rotatable bonds is 8. The lowest BCUT2D eigenvalue weighted by molar-refractivity contribution is 0.0927. The molecular weight excluding hydrogens is 274 g/mol. The Bertz CT molecular complexity index is 435. The Morgan fingerprint density at radius 2 is 1.82 bits per heavy atom. The maximum absolute atomic E-state index is 12.2. The number of hydrogen-bond acceptors (Lipinski definition) is 2. The molecule has 1 saturated carbocycles. The first-order valence-electron chi connectivity index (χ1n) is 8.83. The summed E-state index contributed by atoms with van der Waals surface area (Å²) in [6.45, 7) is 2.96. The van der Waals surface area contributed by atoms with E-state index >= 15 is 0 Å². The van der Waals surface area contributed by atoms with Crippen molar-refractivity contribution in [2.24, 2.45) is 0 Å². The van der Waals surface area contributed by atoms with Crippen molar-refractivity contribution >= 4 is 5.91 Å². The molecule has 22 heavy (non-hydrogen) atoms. The summed E-state index contributed by atoms with van der Waals surface area (Å²) in [5, 5.41) is 3.14. The van der Waals surface area contributed by atoms with Crippen molar-refractivity contribution in [3.63, 3.8) is 0 Å². The molecule has 0 saturated heterocycles. The van der Waals surface area contributed by atoms with Gasteiger partial charge in [0, 0.05) is 11.6 Å². The summed E-state index contributed by atoms with van der Waals surface area (Å²) in [5.74, 6) is 0.895. The molecule has 122 valence electrons. The van der Waals surface area contributed by atoms with Crippen LogP contribution in [0.4, 0.5) is 0 Å². The smallest absolute Gasteiger partial charge is 0.251 e. The van der Waals surface area contributed by atoms with Crippen molar-refractivity contribution in [3.05, 3.63) is 29.8 Å². The van der Waals surface area contributed by atoms with Gasteiger partial charge in [-0.2, -0.15) is 0 Å². The van der Waals surface area contributed by atoms with Crippen molar-refractivity contribution in [3.8, 4) is 5.75 Å². The number of benzene rings is 1. The van der Waals surface area contributed by atoms with Crippen LogP contribution < -0.4 is 10.1 Å². The molecule has 0 radical (unpaired) electrons. The molecule has 0 spiro atoms. The monoisotopic (exact) mass is 303 g/mol. The fourth-order valence-corrected chi connectivity index (χ4v) is 2.94. The summed E-state index contributed by atoms with van der Waals surface area (Å²) in [4.78, 5) is 12.2. The van der Waals surface area contributed by atoms with Crippen LogP contribution >= 0.6 is 0 Å². The molecule has 3 heteroatoms. The van der Waals surface area contributed by atoms with Crippen LogP contribution in [0.15, 0.2) is 24.3 Å². The molecule has 1 aromatic rings. The standard InChI is InChI=1S/C19H29NO2/c1-2-3-4-8-15-22-18-13-11-16(12-14-18)19(21)20-17-9-6-5-7-10-17/h11-14,17H,2-10,15H2,1H3,(H,20,21). The van der Waals surface area contributed by atoms with E-state index in [0.717, 1.165) is 37.2 Å².